The molecule has 0 aromatic heterocycles. The van der Waals surface area contributed by atoms with Crippen LogP contribution in [0.2, 0.25) is 0 Å². The maximum atomic E-state index is 11.3. The molecule has 0 rings (SSSR count). The van der Waals surface area contributed by atoms with Gasteiger partial charge < -0.3 is 0 Å². The molecular weight excluding hydrogens is 333 g/mol. The van der Waals surface area contributed by atoms with Crippen molar-refractivity contribution in [1.29, 1.82) is 0 Å². The van der Waals surface area contributed by atoms with Gasteiger partial charge in [0.15, 0.2) is 19.7 Å². The topological polar surface area (TPSA) is 82.4 Å². The van der Waals surface area contributed by atoms with E-state index < -0.39 is 19.7 Å². The van der Waals surface area contributed by atoms with Gasteiger partial charge in [-0.05, 0) is 12.8 Å². The summed E-state index contributed by atoms with van der Waals surface area (Å²) >= 11 is 10.7. The molecule has 0 heterocycles. The molecule has 0 unspecified atom stereocenters. The van der Waals surface area contributed by atoms with Crippen molar-refractivity contribution in [1.82, 2.24) is 5.32 Å². The van der Waals surface area contributed by atoms with Gasteiger partial charge in [-0.2, -0.15) is 0 Å². The van der Waals surface area contributed by atoms with Crippen LogP contribution in [0.4, 0.5) is 0 Å². The fourth-order valence-corrected chi connectivity index (χ4v) is 4.77. The summed E-state index contributed by atoms with van der Waals surface area (Å²) in [5.41, 5.74) is 0. The molecule has 0 N–H and O–H groups in total. The summed E-state index contributed by atoms with van der Waals surface area (Å²) in [7, 11) is -6.11. The first-order chi connectivity index (χ1) is 8.83. The highest BCUT2D eigenvalue weighted by Crippen LogP contribution is 1.97. The second kappa shape index (κ2) is 10.2. The van der Waals surface area contributed by atoms with E-state index >= 15 is 0 Å². The third-order valence-electron chi connectivity index (χ3n) is 2.32. The van der Waals surface area contributed by atoms with Crippen LogP contribution >= 0.6 is 23.2 Å². The van der Waals surface area contributed by atoms with Gasteiger partial charge in [-0.25, -0.2) is 22.2 Å². The Balaban J connectivity index is 3.57. The van der Waals surface area contributed by atoms with Gasteiger partial charge in [0.05, 0.1) is 23.0 Å². The molecule has 19 heavy (non-hydrogen) atoms. The summed E-state index contributed by atoms with van der Waals surface area (Å²) in [6, 6.07) is 0. The SMILES string of the molecule is O=S(=O)(CCCl)CCC[N]CCCS(=O)(=O)CCCl. The van der Waals surface area contributed by atoms with Crippen molar-refractivity contribution < 1.29 is 16.8 Å². The number of hydrogen-bond acceptors (Lipinski definition) is 4. The number of sulfone groups is 2. The lowest BCUT2D eigenvalue weighted by Crippen LogP contribution is -2.19. The first-order valence-corrected chi connectivity index (χ1v) is 10.7. The molecule has 0 aromatic carbocycles. The van der Waals surface area contributed by atoms with Crippen molar-refractivity contribution in [3.8, 4) is 0 Å². The summed E-state index contributed by atoms with van der Waals surface area (Å²) in [5.74, 6) is 0.355. The normalized spacial score (nSPS) is 12.7. The highest BCUT2D eigenvalue weighted by Gasteiger charge is 2.10. The van der Waals surface area contributed by atoms with E-state index in [2.05, 4.69) is 5.32 Å². The van der Waals surface area contributed by atoms with Crippen LogP contribution in [0.5, 0.6) is 0 Å². The zero-order chi connectivity index (χ0) is 14.8. The van der Waals surface area contributed by atoms with E-state index in [1.165, 1.54) is 0 Å². The van der Waals surface area contributed by atoms with Crippen LogP contribution in [-0.4, -0.2) is 64.7 Å². The lowest BCUT2D eigenvalue weighted by atomic mass is 10.4. The Morgan fingerprint density at radius 1 is 0.684 bits per heavy atom. The summed E-state index contributed by atoms with van der Waals surface area (Å²) in [6.07, 6.45) is 0.904. The van der Waals surface area contributed by atoms with Gasteiger partial charge in [0, 0.05) is 24.8 Å². The molecule has 0 fully saturated rings. The fourth-order valence-electron chi connectivity index (χ4n) is 1.34. The van der Waals surface area contributed by atoms with Crippen molar-refractivity contribution in [2.75, 3.05) is 47.9 Å². The summed E-state index contributed by atoms with van der Waals surface area (Å²) in [6.45, 7) is 0.855. The Morgan fingerprint density at radius 3 is 1.37 bits per heavy atom. The first-order valence-electron chi connectivity index (χ1n) is 5.99. The van der Waals surface area contributed by atoms with Crippen LogP contribution < -0.4 is 5.32 Å². The lowest BCUT2D eigenvalue weighted by molar-refractivity contribution is 0.583. The molecule has 115 valence electrons. The molecule has 1 radical (unpaired) electrons. The molecule has 0 aliphatic carbocycles. The molecule has 0 spiro atoms. The van der Waals surface area contributed by atoms with Crippen molar-refractivity contribution in [3.05, 3.63) is 0 Å². The molecule has 5 nitrogen and oxygen atoms in total. The number of hydrogen-bond donors (Lipinski definition) is 0. The van der Waals surface area contributed by atoms with Gasteiger partial charge in [0.25, 0.3) is 0 Å². The molecular formula is C10H20Cl2NO4S2. The van der Waals surface area contributed by atoms with E-state index in [4.69, 9.17) is 23.2 Å². The maximum Gasteiger partial charge on any atom is 0.151 e. The van der Waals surface area contributed by atoms with E-state index in [0.29, 0.717) is 25.9 Å². The van der Waals surface area contributed by atoms with Crippen LogP contribution in [0.25, 0.3) is 0 Å². The second-order valence-electron chi connectivity index (χ2n) is 4.06. The summed E-state index contributed by atoms with van der Waals surface area (Å²) < 4.78 is 45.2. The molecule has 0 bridgehead atoms. The minimum Gasteiger partial charge on any atom is -0.242 e. The van der Waals surface area contributed by atoms with Gasteiger partial charge in [0.2, 0.25) is 0 Å². The molecule has 0 aromatic rings. The standard InChI is InChI=1S/C10H20Cl2NO4S2/c11-3-9-18(14,15)7-1-5-13-6-2-8-19(16,17)10-4-12/h1-10H2. The van der Waals surface area contributed by atoms with Crippen LogP contribution in [0.15, 0.2) is 0 Å². The number of halogens is 2. The number of nitrogens with zero attached hydrogens (tertiary/aromatic N) is 1. The maximum absolute atomic E-state index is 11.3. The van der Waals surface area contributed by atoms with E-state index in [1.807, 2.05) is 0 Å². The highest BCUT2D eigenvalue weighted by atomic mass is 35.5. The van der Waals surface area contributed by atoms with Crippen LogP contribution in [-0.2, 0) is 19.7 Å². The van der Waals surface area contributed by atoms with Crippen molar-refractivity contribution in [3.63, 3.8) is 0 Å². The zero-order valence-electron chi connectivity index (χ0n) is 10.7. The smallest absolute Gasteiger partial charge is 0.151 e. The first kappa shape index (κ1) is 19.4. The van der Waals surface area contributed by atoms with Gasteiger partial charge in [0.1, 0.15) is 0 Å². The van der Waals surface area contributed by atoms with Gasteiger partial charge >= 0.3 is 0 Å². The Hall–Kier alpha value is 0.440. The third-order valence-corrected chi connectivity index (χ3v) is 6.62. The monoisotopic (exact) mass is 352 g/mol. The number of alkyl halides is 2. The Kier molecular flexibility index (Phi) is 10.4. The average Bonchev–Trinajstić information content (AvgIpc) is 2.27. The predicted molar refractivity (Wildman–Crippen MR) is 79.8 cm³/mol. The molecule has 0 aliphatic heterocycles. The summed E-state index contributed by atoms with van der Waals surface area (Å²) in [4.78, 5) is 0. The van der Waals surface area contributed by atoms with Gasteiger partial charge in [-0.3, -0.25) is 0 Å². The summed E-state index contributed by atoms with van der Waals surface area (Å²) in [5, 5.41) is 4.10. The minimum atomic E-state index is -3.06. The second-order valence-corrected chi connectivity index (χ2v) is 9.42. The molecule has 0 saturated heterocycles. The van der Waals surface area contributed by atoms with Crippen molar-refractivity contribution in [2.24, 2.45) is 0 Å². The lowest BCUT2D eigenvalue weighted by Gasteiger charge is -2.04. The van der Waals surface area contributed by atoms with Crippen molar-refractivity contribution in [2.45, 2.75) is 12.8 Å². The van der Waals surface area contributed by atoms with Gasteiger partial charge in [-0.15, -0.1) is 23.2 Å². The molecule has 0 atom stereocenters. The fraction of sp³-hybridized carbons (Fsp3) is 1.00. The van der Waals surface area contributed by atoms with E-state index in [9.17, 15) is 16.8 Å². The largest absolute Gasteiger partial charge is 0.242 e. The average molecular weight is 353 g/mol. The van der Waals surface area contributed by atoms with Crippen LogP contribution in [0, 0.1) is 0 Å². The quantitative estimate of drug-likeness (QED) is 0.382. The van der Waals surface area contributed by atoms with E-state index in [-0.39, 0.29) is 34.8 Å². The van der Waals surface area contributed by atoms with Gasteiger partial charge in [-0.1, -0.05) is 0 Å². The third kappa shape index (κ3) is 11.9. The van der Waals surface area contributed by atoms with Crippen LogP contribution in [0.1, 0.15) is 12.8 Å². The predicted octanol–water partition coefficient (Wildman–Crippen LogP) is 0.678. The Bertz CT molecular complexity index is 383. The van der Waals surface area contributed by atoms with Crippen molar-refractivity contribution >= 4 is 42.9 Å². The van der Waals surface area contributed by atoms with E-state index in [1.54, 1.807) is 0 Å². The highest BCUT2D eigenvalue weighted by molar-refractivity contribution is 7.91. The molecule has 9 heteroatoms. The Labute approximate surface area is 125 Å². The Morgan fingerprint density at radius 2 is 1.05 bits per heavy atom. The van der Waals surface area contributed by atoms with E-state index in [0.717, 1.165) is 0 Å². The molecule has 0 aliphatic rings. The molecule has 0 amide bonds. The van der Waals surface area contributed by atoms with Crippen LogP contribution in [0.3, 0.4) is 0 Å². The molecule has 0 saturated carbocycles. The number of rotatable bonds is 12. The zero-order valence-corrected chi connectivity index (χ0v) is 13.9. The minimum absolute atomic E-state index is 0.00871.